The third kappa shape index (κ3) is 6.36. The summed E-state index contributed by atoms with van der Waals surface area (Å²) in [5.74, 6) is 0. The summed E-state index contributed by atoms with van der Waals surface area (Å²) in [4.78, 5) is 13.4. The van der Waals surface area contributed by atoms with E-state index in [0.717, 1.165) is 11.1 Å². The highest BCUT2D eigenvalue weighted by atomic mass is 35.7. The zero-order valence-corrected chi connectivity index (χ0v) is 13.1. The normalized spacial score (nSPS) is 10.0. The molecule has 0 radical (unpaired) electrons. The molecule has 0 fully saturated rings. The van der Waals surface area contributed by atoms with Crippen molar-refractivity contribution in [2.45, 2.75) is 18.7 Å². The molecule has 0 aromatic heterocycles. The number of nitrogens with zero attached hydrogens (tertiary/aromatic N) is 1. The van der Waals surface area contributed by atoms with Crippen LogP contribution < -0.4 is 0 Å². The summed E-state index contributed by atoms with van der Waals surface area (Å²) in [5.41, 5.74) is 2.82. The molecule has 0 N–H and O–H groups in total. The Balaban J connectivity index is 0.000000211. The fourth-order valence-electron chi connectivity index (χ4n) is 1.37. The lowest BCUT2D eigenvalue weighted by Crippen LogP contribution is -1.89. The molecule has 0 saturated heterocycles. The first-order valence-electron chi connectivity index (χ1n) is 5.99. The number of isocyanates is 1. The molecule has 6 heteroatoms. The van der Waals surface area contributed by atoms with Crippen LogP contribution >= 0.6 is 10.7 Å². The van der Waals surface area contributed by atoms with Gasteiger partial charge in [-0.3, -0.25) is 0 Å². The van der Waals surface area contributed by atoms with Gasteiger partial charge in [0.2, 0.25) is 6.08 Å². The Morgan fingerprint density at radius 2 is 1.33 bits per heavy atom. The standard InChI is InChI=1S/C8H7NO.C7H7ClO2S/c1-7-2-4-8(5-3-7)9-6-10;1-6-2-4-7(5-3-6)11(8,9)10/h2-5H,1H3;2-5H,1H3. The van der Waals surface area contributed by atoms with E-state index < -0.39 is 9.05 Å². The predicted molar refractivity (Wildman–Crippen MR) is 83.2 cm³/mol. The van der Waals surface area contributed by atoms with Crippen LogP contribution in [0.1, 0.15) is 11.1 Å². The van der Waals surface area contributed by atoms with E-state index in [1.165, 1.54) is 18.2 Å². The van der Waals surface area contributed by atoms with E-state index in [-0.39, 0.29) is 4.90 Å². The molecule has 0 saturated carbocycles. The number of rotatable bonds is 2. The van der Waals surface area contributed by atoms with Crippen molar-refractivity contribution >= 4 is 31.5 Å². The van der Waals surface area contributed by atoms with Gasteiger partial charge in [0.25, 0.3) is 9.05 Å². The number of aryl methyl sites for hydroxylation is 2. The average molecular weight is 324 g/mol. The first kappa shape index (κ1) is 17.1. The molecule has 21 heavy (non-hydrogen) atoms. The topological polar surface area (TPSA) is 63.6 Å². The summed E-state index contributed by atoms with van der Waals surface area (Å²) in [6.45, 7) is 3.86. The number of carbonyl (C=O) groups excluding carboxylic acids is 1. The molecule has 0 atom stereocenters. The van der Waals surface area contributed by atoms with Gasteiger partial charge in [0, 0.05) is 10.7 Å². The van der Waals surface area contributed by atoms with E-state index in [2.05, 4.69) is 4.99 Å². The van der Waals surface area contributed by atoms with Crippen molar-refractivity contribution in [2.75, 3.05) is 0 Å². The largest absolute Gasteiger partial charge is 0.261 e. The van der Waals surface area contributed by atoms with Gasteiger partial charge in [-0.15, -0.1) is 0 Å². The van der Waals surface area contributed by atoms with Crippen LogP contribution in [-0.4, -0.2) is 14.5 Å². The van der Waals surface area contributed by atoms with E-state index >= 15 is 0 Å². The summed E-state index contributed by atoms with van der Waals surface area (Å²) < 4.78 is 21.4. The van der Waals surface area contributed by atoms with Crippen LogP contribution in [0.15, 0.2) is 58.4 Å². The van der Waals surface area contributed by atoms with Crippen molar-refractivity contribution in [1.82, 2.24) is 0 Å². The Hall–Kier alpha value is -1.94. The first-order valence-corrected chi connectivity index (χ1v) is 8.30. The van der Waals surface area contributed by atoms with Gasteiger partial charge in [-0.2, -0.15) is 4.99 Å². The van der Waals surface area contributed by atoms with Crippen LogP contribution in [0.4, 0.5) is 5.69 Å². The quantitative estimate of drug-likeness (QED) is 0.478. The van der Waals surface area contributed by atoms with Gasteiger partial charge in [-0.25, -0.2) is 13.2 Å². The van der Waals surface area contributed by atoms with Gasteiger partial charge < -0.3 is 0 Å². The van der Waals surface area contributed by atoms with Crippen LogP contribution in [0.2, 0.25) is 0 Å². The molecule has 0 unspecified atom stereocenters. The SMILES string of the molecule is Cc1ccc(N=C=O)cc1.Cc1ccc(S(=O)(=O)Cl)cc1. The smallest absolute Gasteiger partial charge is 0.211 e. The van der Waals surface area contributed by atoms with Crippen molar-refractivity contribution in [3.05, 3.63) is 59.7 Å². The molecular weight excluding hydrogens is 310 g/mol. The number of hydrogen-bond acceptors (Lipinski definition) is 4. The zero-order chi connectivity index (χ0) is 15.9. The van der Waals surface area contributed by atoms with Crippen molar-refractivity contribution in [2.24, 2.45) is 4.99 Å². The molecule has 2 aromatic rings. The van der Waals surface area contributed by atoms with Gasteiger partial charge in [0.1, 0.15) is 0 Å². The molecule has 4 nitrogen and oxygen atoms in total. The Bertz CT molecular complexity index is 731. The predicted octanol–water partition coefficient (Wildman–Crippen LogP) is 3.88. The van der Waals surface area contributed by atoms with Crippen molar-refractivity contribution in [3.63, 3.8) is 0 Å². The monoisotopic (exact) mass is 323 g/mol. The van der Waals surface area contributed by atoms with Gasteiger partial charge in [0.05, 0.1) is 10.6 Å². The minimum atomic E-state index is -3.55. The van der Waals surface area contributed by atoms with E-state index in [1.807, 2.05) is 26.0 Å². The summed E-state index contributed by atoms with van der Waals surface area (Å²) in [6, 6.07) is 13.7. The molecule has 0 amide bonds. The number of benzene rings is 2. The van der Waals surface area contributed by atoms with Gasteiger partial charge in [-0.05, 0) is 38.1 Å². The highest BCUT2D eigenvalue weighted by Crippen LogP contribution is 2.14. The second-order valence-corrected chi connectivity index (χ2v) is 6.86. The van der Waals surface area contributed by atoms with Crippen molar-refractivity contribution in [1.29, 1.82) is 0 Å². The van der Waals surface area contributed by atoms with E-state index in [9.17, 15) is 13.2 Å². The lowest BCUT2D eigenvalue weighted by molar-refractivity contribution is 0.565. The average Bonchev–Trinajstić information content (AvgIpc) is 2.42. The van der Waals surface area contributed by atoms with Crippen molar-refractivity contribution < 1.29 is 13.2 Å². The second kappa shape index (κ2) is 7.74. The molecule has 0 bridgehead atoms. The maximum Gasteiger partial charge on any atom is 0.261 e. The number of halogens is 1. The van der Waals surface area contributed by atoms with Gasteiger partial charge in [-0.1, -0.05) is 35.4 Å². The number of hydrogen-bond donors (Lipinski definition) is 0. The zero-order valence-electron chi connectivity index (χ0n) is 11.6. The molecule has 110 valence electrons. The lowest BCUT2D eigenvalue weighted by Gasteiger charge is -1.94. The third-order valence-electron chi connectivity index (χ3n) is 2.51. The molecule has 0 spiro atoms. The van der Waals surface area contributed by atoms with Crippen LogP contribution in [0.3, 0.4) is 0 Å². The molecule has 2 aromatic carbocycles. The van der Waals surface area contributed by atoms with Gasteiger partial charge >= 0.3 is 0 Å². The van der Waals surface area contributed by atoms with Crippen LogP contribution in [-0.2, 0) is 13.8 Å². The highest BCUT2D eigenvalue weighted by molar-refractivity contribution is 8.13. The minimum absolute atomic E-state index is 0.143. The van der Waals surface area contributed by atoms with Crippen LogP contribution in [0.25, 0.3) is 0 Å². The van der Waals surface area contributed by atoms with E-state index in [4.69, 9.17) is 10.7 Å². The Kier molecular flexibility index (Phi) is 6.31. The van der Waals surface area contributed by atoms with E-state index in [1.54, 1.807) is 24.3 Å². The highest BCUT2D eigenvalue weighted by Gasteiger charge is 2.07. The first-order chi connectivity index (χ1) is 9.82. The lowest BCUT2D eigenvalue weighted by atomic mass is 10.2. The van der Waals surface area contributed by atoms with Gasteiger partial charge in [0.15, 0.2) is 0 Å². The van der Waals surface area contributed by atoms with Crippen molar-refractivity contribution in [3.8, 4) is 0 Å². The Morgan fingerprint density at radius 3 is 1.71 bits per heavy atom. The molecule has 0 aliphatic heterocycles. The molecule has 0 aliphatic rings. The summed E-state index contributed by atoms with van der Waals surface area (Å²) in [5, 5.41) is 0. The van der Waals surface area contributed by atoms with E-state index in [0.29, 0.717) is 5.69 Å². The summed E-state index contributed by atoms with van der Waals surface area (Å²) >= 11 is 0. The minimum Gasteiger partial charge on any atom is -0.211 e. The Labute approximate surface area is 128 Å². The second-order valence-electron chi connectivity index (χ2n) is 4.29. The molecular formula is C15H14ClNO3S. The summed E-state index contributed by atoms with van der Waals surface area (Å²) in [6.07, 6.45) is 1.48. The maximum absolute atomic E-state index is 10.7. The number of aliphatic imine (C=N–C) groups is 1. The maximum atomic E-state index is 10.7. The Morgan fingerprint density at radius 1 is 0.905 bits per heavy atom. The van der Waals surface area contributed by atoms with Crippen LogP contribution in [0.5, 0.6) is 0 Å². The molecule has 2 rings (SSSR count). The van der Waals surface area contributed by atoms with Crippen LogP contribution in [0, 0.1) is 13.8 Å². The summed E-state index contributed by atoms with van der Waals surface area (Å²) in [7, 11) is 1.54. The molecule has 0 aliphatic carbocycles. The fourth-order valence-corrected chi connectivity index (χ4v) is 2.14. The molecule has 0 heterocycles. The fraction of sp³-hybridized carbons (Fsp3) is 0.133. The third-order valence-corrected chi connectivity index (χ3v) is 3.88.